The second kappa shape index (κ2) is 4.38. The molecule has 7 heteroatoms. The highest BCUT2D eigenvalue weighted by atomic mass is 35.5. The van der Waals surface area contributed by atoms with Gasteiger partial charge in [0.2, 0.25) is 0 Å². The van der Waals surface area contributed by atoms with Crippen LogP contribution in [0.15, 0.2) is 18.2 Å². The maximum Gasteiger partial charge on any atom is 0.356 e. The summed E-state index contributed by atoms with van der Waals surface area (Å²) < 4.78 is 28.1. The third-order valence-electron chi connectivity index (χ3n) is 2.38. The summed E-state index contributed by atoms with van der Waals surface area (Å²) in [7, 11) is 1.44. The van der Waals surface area contributed by atoms with E-state index in [0.717, 1.165) is 22.9 Å². The number of halogens is 3. The summed E-state index contributed by atoms with van der Waals surface area (Å²) >= 11 is 5.44. The van der Waals surface area contributed by atoms with Crippen LogP contribution >= 0.6 is 11.6 Å². The van der Waals surface area contributed by atoms with E-state index in [9.17, 15) is 13.6 Å². The third-order valence-corrected chi connectivity index (χ3v) is 2.67. The first-order valence-corrected chi connectivity index (χ1v) is 5.20. The van der Waals surface area contributed by atoms with Crippen LogP contribution in [0.5, 0.6) is 0 Å². The van der Waals surface area contributed by atoms with E-state index in [1.54, 1.807) is 0 Å². The number of carboxylic acids is 1. The molecule has 0 aliphatic heterocycles. The zero-order valence-electron chi connectivity index (χ0n) is 9.12. The Hall–Kier alpha value is -1.95. The molecule has 1 aromatic heterocycles. The van der Waals surface area contributed by atoms with Gasteiger partial charge in [0.25, 0.3) is 0 Å². The number of aromatic nitrogens is 2. The first kappa shape index (κ1) is 12.5. The SMILES string of the molecule is Cn1nc(C(=O)O)cc1-c1cc(F)c(Cl)cc1F. The largest absolute Gasteiger partial charge is 0.476 e. The van der Waals surface area contributed by atoms with Gasteiger partial charge in [-0.05, 0) is 18.2 Å². The summed E-state index contributed by atoms with van der Waals surface area (Å²) in [6, 6.07) is 2.90. The van der Waals surface area contributed by atoms with Crippen molar-refractivity contribution in [2.75, 3.05) is 0 Å². The van der Waals surface area contributed by atoms with Crippen molar-refractivity contribution in [3.63, 3.8) is 0 Å². The zero-order valence-corrected chi connectivity index (χ0v) is 9.87. The molecule has 18 heavy (non-hydrogen) atoms. The molecule has 0 bridgehead atoms. The monoisotopic (exact) mass is 272 g/mol. The third kappa shape index (κ3) is 2.06. The van der Waals surface area contributed by atoms with Crippen LogP contribution in [0.2, 0.25) is 5.02 Å². The number of hydrogen-bond donors (Lipinski definition) is 1. The van der Waals surface area contributed by atoms with Crippen molar-refractivity contribution < 1.29 is 18.7 Å². The molecule has 0 aliphatic rings. The van der Waals surface area contributed by atoms with Crippen molar-refractivity contribution in [3.05, 3.63) is 40.6 Å². The highest BCUT2D eigenvalue weighted by Gasteiger charge is 2.17. The Morgan fingerprint density at radius 3 is 2.56 bits per heavy atom. The first-order valence-electron chi connectivity index (χ1n) is 4.82. The van der Waals surface area contributed by atoms with Gasteiger partial charge in [-0.25, -0.2) is 13.6 Å². The van der Waals surface area contributed by atoms with Gasteiger partial charge in [-0.2, -0.15) is 5.10 Å². The molecule has 0 unspecified atom stereocenters. The molecular weight excluding hydrogens is 266 g/mol. The normalized spacial score (nSPS) is 10.7. The summed E-state index contributed by atoms with van der Waals surface area (Å²) in [5.74, 6) is -2.78. The van der Waals surface area contributed by atoms with Crippen molar-refractivity contribution >= 4 is 17.6 Å². The standard InChI is InChI=1S/C11H7ClF2N2O2/c1-16-10(4-9(15-16)11(17)18)5-2-8(14)6(12)3-7(5)13/h2-4H,1H3,(H,17,18). The first-order chi connectivity index (χ1) is 8.40. The van der Waals surface area contributed by atoms with Gasteiger partial charge in [-0.3, -0.25) is 4.68 Å². The van der Waals surface area contributed by atoms with E-state index in [2.05, 4.69) is 5.10 Å². The summed E-state index contributed by atoms with van der Waals surface area (Å²) in [6.07, 6.45) is 0. The molecule has 0 radical (unpaired) electrons. The maximum absolute atomic E-state index is 13.7. The quantitative estimate of drug-likeness (QED) is 0.855. The van der Waals surface area contributed by atoms with E-state index in [1.807, 2.05) is 0 Å². The molecule has 0 aliphatic carbocycles. The number of aryl methyl sites for hydroxylation is 1. The van der Waals surface area contributed by atoms with Gasteiger partial charge >= 0.3 is 5.97 Å². The Bertz CT molecular complexity index is 640. The number of nitrogens with zero attached hydrogens (tertiary/aromatic N) is 2. The van der Waals surface area contributed by atoms with Crippen LogP contribution in [0, 0.1) is 11.6 Å². The van der Waals surface area contributed by atoms with Gasteiger partial charge in [0.15, 0.2) is 5.69 Å². The van der Waals surface area contributed by atoms with Crippen LogP contribution in [0.4, 0.5) is 8.78 Å². The number of aromatic carboxylic acids is 1. The average Bonchev–Trinajstić information content (AvgIpc) is 2.66. The van der Waals surface area contributed by atoms with Gasteiger partial charge in [0.1, 0.15) is 11.6 Å². The van der Waals surface area contributed by atoms with Gasteiger partial charge in [-0.15, -0.1) is 0 Å². The van der Waals surface area contributed by atoms with Crippen LogP contribution in [-0.4, -0.2) is 20.9 Å². The van der Waals surface area contributed by atoms with E-state index in [0.29, 0.717) is 0 Å². The molecule has 94 valence electrons. The Balaban J connectivity index is 2.62. The van der Waals surface area contributed by atoms with E-state index in [4.69, 9.17) is 16.7 Å². The van der Waals surface area contributed by atoms with Gasteiger partial charge in [-0.1, -0.05) is 11.6 Å². The Morgan fingerprint density at radius 2 is 2.00 bits per heavy atom. The fraction of sp³-hybridized carbons (Fsp3) is 0.0909. The lowest BCUT2D eigenvalue weighted by Gasteiger charge is -2.04. The second-order valence-electron chi connectivity index (χ2n) is 3.59. The average molecular weight is 273 g/mol. The fourth-order valence-electron chi connectivity index (χ4n) is 1.54. The molecule has 0 fully saturated rings. The van der Waals surface area contributed by atoms with E-state index >= 15 is 0 Å². The molecule has 0 saturated heterocycles. The van der Waals surface area contributed by atoms with Crippen molar-refractivity contribution in [1.82, 2.24) is 9.78 Å². The summed E-state index contributed by atoms with van der Waals surface area (Å²) in [6.45, 7) is 0. The maximum atomic E-state index is 13.7. The van der Waals surface area contributed by atoms with Crippen molar-refractivity contribution in [3.8, 4) is 11.3 Å². The Morgan fingerprint density at radius 1 is 1.33 bits per heavy atom. The van der Waals surface area contributed by atoms with Gasteiger partial charge in [0, 0.05) is 12.6 Å². The lowest BCUT2D eigenvalue weighted by molar-refractivity contribution is 0.0689. The van der Waals surface area contributed by atoms with Crippen LogP contribution in [0.25, 0.3) is 11.3 Å². The summed E-state index contributed by atoms with van der Waals surface area (Å²) in [4.78, 5) is 10.7. The van der Waals surface area contributed by atoms with Crippen LogP contribution < -0.4 is 0 Å². The van der Waals surface area contributed by atoms with Gasteiger partial charge in [0.05, 0.1) is 10.7 Å². The van der Waals surface area contributed by atoms with Gasteiger partial charge < -0.3 is 5.11 Å². The molecular formula is C11H7ClF2N2O2. The van der Waals surface area contributed by atoms with E-state index in [1.165, 1.54) is 7.05 Å². The predicted octanol–water partition coefficient (Wildman–Crippen LogP) is 2.72. The second-order valence-corrected chi connectivity index (χ2v) is 4.00. The zero-order chi connectivity index (χ0) is 13.4. The number of carboxylic acid groups (broad SMARTS) is 1. The molecule has 1 N–H and O–H groups in total. The minimum absolute atomic E-state index is 0.0978. The molecule has 0 atom stereocenters. The Kier molecular flexibility index (Phi) is 3.04. The molecule has 2 rings (SSSR count). The topological polar surface area (TPSA) is 55.1 Å². The lowest BCUT2D eigenvalue weighted by Crippen LogP contribution is -1.99. The molecule has 0 saturated carbocycles. The smallest absolute Gasteiger partial charge is 0.356 e. The van der Waals surface area contributed by atoms with Crippen molar-refractivity contribution in [2.45, 2.75) is 0 Å². The fourth-order valence-corrected chi connectivity index (χ4v) is 1.69. The molecule has 4 nitrogen and oxygen atoms in total. The summed E-state index contributed by atoms with van der Waals surface area (Å²) in [5.41, 5.74) is -0.192. The highest BCUT2D eigenvalue weighted by molar-refractivity contribution is 6.30. The molecule has 0 spiro atoms. The molecule has 2 aromatic rings. The van der Waals surface area contributed by atoms with E-state index < -0.39 is 17.6 Å². The molecule has 1 heterocycles. The number of benzene rings is 1. The van der Waals surface area contributed by atoms with E-state index in [-0.39, 0.29) is 22.0 Å². The minimum Gasteiger partial charge on any atom is -0.476 e. The number of hydrogen-bond acceptors (Lipinski definition) is 2. The Labute approximate surface area is 105 Å². The van der Waals surface area contributed by atoms with Crippen LogP contribution in [0.1, 0.15) is 10.5 Å². The lowest BCUT2D eigenvalue weighted by atomic mass is 10.1. The molecule has 0 amide bonds. The van der Waals surface area contributed by atoms with Crippen molar-refractivity contribution in [1.29, 1.82) is 0 Å². The highest BCUT2D eigenvalue weighted by Crippen LogP contribution is 2.27. The van der Waals surface area contributed by atoms with Crippen molar-refractivity contribution in [2.24, 2.45) is 7.05 Å². The predicted molar refractivity (Wildman–Crippen MR) is 60.5 cm³/mol. The molecule has 1 aromatic carbocycles. The number of carbonyl (C=O) groups is 1. The minimum atomic E-state index is -1.24. The summed E-state index contributed by atoms with van der Waals surface area (Å²) in [5, 5.41) is 12.1. The van der Waals surface area contributed by atoms with Crippen LogP contribution in [-0.2, 0) is 7.05 Å². The number of rotatable bonds is 2. The van der Waals surface area contributed by atoms with Crippen LogP contribution in [0.3, 0.4) is 0 Å².